The molecule has 150 valence electrons. The van der Waals surface area contributed by atoms with Gasteiger partial charge in [-0.1, -0.05) is 55.5 Å². The second-order valence-electron chi connectivity index (χ2n) is 7.74. The quantitative estimate of drug-likeness (QED) is 0.749. The maximum absolute atomic E-state index is 12.8. The van der Waals surface area contributed by atoms with Crippen molar-refractivity contribution in [2.75, 3.05) is 13.1 Å². The molecule has 1 aromatic carbocycles. The molecule has 1 heterocycles. The van der Waals surface area contributed by atoms with E-state index in [-0.39, 0.29) is 30.2 Å². The zero-order valence-corrected chi connectivity index (χ0v) is 17.3. The summed E-state index contributed by atoms with van der Waals surface area (Å²) in [5.74, 6) is -0.369. The number of hydrogen-bond donors (Lipinski definition) is 1. The minimum atomic E-state index is -3.50. The Morgan fingerprint density at radius 2 is 1.78 bits per heavy atom. The van der Waals surface area contributed by atoms with Gasteiger partial charge in [-0.15, -0.1) is 0 Å². The smallest absolute Gasteiger partial charge is 0.224 e. The molecule has 1 amide bonds. The average molecular weight is 413 g/mol. The highest BCUT2D eigenvalue weighted by molar-refractivity contribution is 7.88. The lowest BCUT2D eigenvalue weighted by atomic mass is 9.97. The lowest BCUT2D eigenvalue weighted by molar-refractivity contribution is -0.126. The lowest BCUT2D eigenvalue weighted by Crippen LogP contribution is -2.47. The van der Waals surface area contributed by atoms with E-state index in [1.807, 2.05) is 0 Å². The van der Waals surface area contributed by atoms with Crippen LogP contribution in [0.15, 0.2) is 24.3 Å². The van der Waals surface area contributed by atoms with Gasteiger partial charge in [-0.3, -0.25) is 4.79 Å². The molecule has 1 saturated heterocycles. The molecular weight excluding hydrogens is 384 g/mol. The van der Waals surface area contributed by atoms with Gasteiger partial charge in [0, 0.05) is 24.2 Å². The predicted octanol–water partition coefficient (Wildman–Crippen LogP) is 3.72. The summed E-state index contributed by atoms with van der Waals surface area (Å²) < 4.78 is 27.2. The molecule has 0 radical (unpaired) electrons. The number of halogens is 1. The number of piperidine rings is 1. The number of benzene rings is 1. The van der Waals surface area contributed by atoms with Crippen molar-refractivity contribution < 1.29 is 13.2 Å². The second-order valence-corrected chi connectivity index (χ2v) is 10.1. The minimum Gasteiger partial charge on any atom is -0.353 e. The van der Waals surface area contributed by atoms with Crippen LogP contribution < -0.4 is 5.32 Å². The monoisotopic (exact) mass is 412 g/mol. The van der Waals surface area contributed by atoms with E-state index in [4.69, 9.17) is 11.6 Å². The number of rotatable bonds is 5. The van der Waals surface area contributed by atoms with E-state index >= 15 is 0 Å². The van der Waals surface area contributed by atoms with Gasteiger partial charge in [0.05, 0.1) is 11.7 Å². The molecule has 0 spiro atoms. The molecule has 1 atom stereocenters. The number of nitrogens with zero attached hydrogens (tertiary/aromatic N) is 1. The van der Waals surface area contributed by atoms with Crippen LogP contribution in [0.3, 0.4) is 0 Å². The van der Waals surface area contributed by atoms with Gasteiger partial charge in [0.15, 0.2) is 0 Å². The molecule has 1 unspecified atom stereocenters. The molecule has 1 aliphatic heterocycles. The molecule has 7 heteroatoms. The Bertz CT molecular complexity index is 745. The third kappa shape index (κ3) is 5.69. The first-order valence-electron chi connectivity index (χ1n) is 9.97. The summed E-state index contributed by atoms with van der Waals surface area (Å²) in [7, 11) is -3.50. The van der Waals surface area contributed by atoms with Crippen LogP contribution in [0.1, 0.15) is 56.9 Å². The topological polar surface area (TPSA) is 66.5 Å². The van der Waals surface area contributed by atoms with Gasteiger partial charge >= 0.3 is 0 Å². The number of nitrogens with one attached hydrogen (secondary N) is 1. The van der Waals surface area contributed by atoms with Crippen molar-refractivity contribution in [1.82, 2.24) is 9.62 Å². The van der Waals surface area contributed by atoms with Crippen LogP contribution in [0, 0.1) is 5.92 Å². The molecule has 1 aromatic rings. The standard InChI is InChI=1S/C20H29ClN2O3S/c21-19-12-6-5-8-17(19)15-27(25,26)23-13-7-9-16(14-23)20(24)22-18-10-3-1-2-4-11-18/h5-6,8,12,16,18H,1-4,7,9-11,13-15H2,(H,22,24). The SMILES string of the molecule is O=C(NC1CCCCCC1)C1CCCN(S(=O)(=O)Cc2ccccc2Cl)C1. The highest BCUT2D eigenvalue weighted by atomic mass is 35.5. The Kier molecular flexibility index (Phi) is 7.17. The molecular formula is C20H29ClN2O3S. The number of carbonyl (C=O) groups is 1. The Morgan fingerprint density at radius 3 is 2.48 bits per heavy atom. The average Bonchev–Trinajstić information content (AvgIpc) is 2.92. The maximum Gasteiger partial charge on any atom is 0.224 e. The largest absolute Gasteiger partial charge is 0.353 e. The Morgan fingerprint density at radius 1 is 1.07 bits per heavy atom. The molecule has 27 heavy (non-hydrogen) atoms. The van der Waals surface area contributed by atoms with Gasteiger partial charge in [-0.2, -0.15) is 0 Å². The fraction of sp³-hybridized carbons (Fsp3) is 0.650. The van der Waals surface area contributed by atoms with E-state index in [9.17, 15) is 13.2 Å². The second kappa shape index (κ2) is 9.39. The normalized spacial score (nSPS) is 22.9. The molecule has 1 saturated carbocycles. The van der Waals surface area contributed by atoms with E-state index in [1.165, 1.54) is 17.1 Å². The summed E-state index contributed by atoms with van der Waals surface area (Å²) in [6.07, 6.45) is 8.33. The summed E-state index contributed by atoms with van der Waals surface area (Å²) in [6.45, 7) is 0.741. The van der Waals surface area contributed by atoms with Gasteiger partial charge in [0.25, 0.3) is 0 Å². The first kappa shape index (κ1) is 20.6. The van der Waals surface area contributed by atoms with E-state index < -0.39 is 10.0 Å². The highest BCUT2D eigenvalue weighted by Gasteiger charge is 2.33. The summed E-state index contributed by atoms with van der Waals surface area (Å²) >= 11 is 6.12. The van der Waals surface area contributed by atoms with Gasteiger partial charge in [-0.05, 0) is 37.3 Å². The summed E-state index contributed by atoms with van der Waals surface area (Å²) in [5.41, 5.74) is 0.601. The van der Waals surface area contributed by atoms with Crippen LogP contribution in [0.2, 0.25) is 5.02 Å². The number of hydrogen-bond acceptors (Lipinski definition) is 3. The van der Waals surface area contributed by atoms with Crippen molar-refractivity contribution in [2.45, 2.75) is 63.2 Å². The van der Waals surface area contributed by atoms with E-state index in [2.05, 4.69) is 5.32 Å². The summed E-state index contributed by atoms with van der Waals surface area (Å²) in [6, 6.07) is 7.25. The van der Waals surface area contributed by atoms with E-state index in [0.717, 1.165) is 32.1 Å². The molecule has 0 bridgehead atoms. The minimum absolute atomic E-state index is 0.0135. The summed E-state index contributed by atoms with van der Waals surface area (Å²) in [5, 5.41) is 3.64. The third-order valence-electron chi connectivity index (χ3n) is 5.65. The van der Waals surface area contributed by atoms with Crippen molar-refractivity contribution >= 4 is 27.5 Å². The molecule has 2 aliphatic rings. The predicted molar refractivity (Wildman–Crippen MR) is 108 cm³/mol. The number of amides is 1. The Labute approximate surface area is 167 Å². The van der Waals surface area contributed by atoms with Crippen LogP contribution in [0.4, 0.5) is 0 Å². The molecule has 5 nitrogen and oxygen atoms in total. The van der Waals surface area contributed by atoms with Crippen LogP contribution in [0.25, 0.3) is 0 Å². The number of carbonyl (C=O) groups excluding carboxylic acids is 1. The molecule has 3 rings (SSSR count). The zero-order valence-electron chi connectivity index (χ0n) is 15.7. The van der Waals surface area contributed by atoms with E-state index in [1.54, 1.807) is 24.3 Å². The molecule has 2 fully saturated rings. The molecule has 1 aliphatic carbocycles. The van der Waals surface area contributed by atoms with Crippen molar-refractivity contribution in [3.63, 3.8) is 0 Å². The Balaban J connectivity index is 1.61. The Hall–Kier alpha value is -1.11. The van der Waals surface area contributed by atoms with Gasteiger partial charge in [0.1, 0.15) is 0 Å². The fourth-order valence-corrected chi connectivity index (χ4v) is 5.98. The van der Waals surface area contributed by atoms with Gasteiger partial charge in [0.2, 0.25) is 15.9 Å². The summed E-state index contributed by atoms with van der Waals surface area (Å²) in [4.78, 5) is 12.7. The van der Waals surface area contributed by atoms with Crippen LogP contribution in [-0.4, -0.2) is 37.8 Å². The molecule has 0 aromatic heterocycles. The fourth-order valence-electron chi connectivity index (χ4n) is 4.06. The lowest BCUT2D eigenvalue weighted by Gasteiger charge is -2.32. The first-order chi connectivity index (χ1) is 13.0. The van der Waals surface area contributed by atoms with Crippen LogP contribution in [-0.2, 0) is 20.6 Å². The van der Waals surface area contributed by atoms with Gasteiger partial charge in [-0.25, -0.2) is 12.7 Å². The van der Waals surface area contributed by atoms with Crippen molar-refractivity contribution in [3.8, 4) is 0 Å². The van der Waals surface area contributed by atoms with Crippen molar-refractivity contribution in [3.05, 3.63) is 34.9 Å². The highest BCUT2D eigenvalue weighted by Crippen LogP contribution is 2.25. The van der Waals surface area contributed by atoms with Crippen molar-refractivity contribution in [1.29, 1.82) is 0 Å². The zero-order chi connectivity index (χ0) is 19.3. The van der Waals surface area contributed by atoms with Gasteiger partial charge < -0.3 is 5.32 Å². The molecule has 1 N–H and O–H groups in total. The maximum atomic E-state index is 12.8. The first-order valence-corrected chi connectivity index (χ1v) is 12.0. The van der Waals surface area contributed by atoms with E-state index in [0.29, 0.717) is 23.6 Å². The van der Waals surface area contributed by atoms with Crippen LogP contribution >= 0.6 is 11.6 Å². The van der Waals surface area contributed by atoms with Crippen molar-refractivity contribution in [2.24, 2.45) is 5.92 Å². The van der Waals surface area contributed by atoms with Crippen LogP contribution in [0.5, 0.6) is 0 Å². The third-order valence-corrected chi connectivity index (χ3v) is 7.81. The number of sulfonamides is 1.